The molecule has 0 fully saturated rings. The molecule has 0 aliphatic carbocycles. The highest BCUT2D eigenvalue weighted by Gasteiger charge is 2.29. The van der Waals surface area contributed by atoms with E-state index in [0.29, 0.717) is 0 Å². The molecular formula is C18H20BrNO. The Labute approximate surface area is 134 Å². The minimum Gasteiger partial charge on any atom is -0.325 e. The van der Waals surface area contributed by atoms with Crippen LogP contribution in [0.3, 0.4) is 0 Å². The fourth-order valence-electron chi connectivity index (χ4n) is 2.14. The Hall–Kier alpha value is -1.61. The van der Waals surface area contributed by atoms with Crippen LogP contribution in [-0.4, -0.2) is 11.2 Å². The molecule has 2 aromatic carbocycles. The number of benzene rings is 2. The second-order valence-corrected chi connectivity index (χ2v) is 6.37. The second kappa shape index (κ2) is 6.90. The van der Waals surface area contributed by atoms with Gasteiger partial charge in [0.25, 0.3) is 0 Å². The third kappa shape index (κ3) is 3.94. The number of alkyl halides is 1. The van der Waals surface area contributed by atoms with E-state index in [4.69, 9.17) is 0 Å². The average Bonchev–Trinajstić information content (AvgIpc) is 2.50. The van der Waals surface area contributed by atoms with Crippen molar-refractivity contribution in [2.45, 2.75) is 25.7 Å². The van der Waals surface area contributed by atoms with Gasteiger partial charge >= 0.3 is 0 Å². The van der Waals surface area contributed by atoms with Crippen LogP contribution in [0.4, 0.5) is 5.69 Å². The van der Waals surface area contributed by atoms with Crippen molar-refractivity contribution in [3.8, 4) is 0 Å². The number of hydrogen-bond donors (Lipinski definition) is 1. The lowest BCUT2D eigenvalue weighted by atomic mass is 9.83. The van der Waals surface area contributed by atoms with Crippen LogP contribution in [0.1, 0.15) is 25.0 Å². The molecule has 0 radical (unpaired) electrons. The standard InChI is InChI=1S/C18H20BrNO/c1-18(2,15-6-4-3-5-7-15)17(21)20-16-10-8-14(9-11-16)12-13-19/h3-11H,12-13H2,1-2H3,(H,20,21). The van der Waals surface area contributed by atoms with Crippen molar-refractivity contribution in [1.82, 2.24) is 0 Å². The zero-order valence-electron chi connectivity index (χ0n) is 12.4. The third-order valence-electron chi connectivity index (χ3n) is 3.66. The van der Waals surface area contributed by atoms with Gasteiger partial charge in [-0.2, -0.15) is 0 Å². The molecule has 0 aromatic heterocycles. The summed E-state index contributed by atoms with van der Waals surface area (Å²) in [6, 6.07) is 17.9. The summed E-state index contributed by atoms with van der Waals surface area (Å²) in [5.74, 6) is 0.00180. The number of rotatable bonds is 5. The molecule has 1 N–H and O–H groups in total. The maximum Gasteiger partial charge on any atom is 0.234 e. The highest BCUT2D eigenvalue weighted by molar-refractivity contribution is 9.09. The summed E-state index contributed by atoms with van der Waals surface area (Å²) in [4.78, 5) is 12.5. The first-order chi connectivity index (χ1) is 10.0. The Balaban J connectivity index is 2.10. The summed E-state index contributed by atoms with van der Waals surface area (Å²) in [6.07, 6.45) is 0.990. The second-order valence-electron chi connectivity index (χ2n) is 5.58. The Kier molecular flexibility index (Phi) is 5.18. The molecule has 21 heavy (non-hydrogen) atoms. The van der Waals surface area contributed by atoms with Crippen LogP contribution in [0, 0.1) is 0 Å². The summed E-state index contributed by atoms with van der Waals surface area (Å²) >= 11 is 3.43. The zero-order valence-corrected chi connectivity index (χ0v) is 14.0. The fraction of sp³-hybridized carbons (Fsp3) is 0.278. The van der Waals surface area contributed by atoms with Gasteiger partial charge in [0, 0.05) is 11.0 Å². The number of anilines is 1. The van der Waals surface area contributed by atoms with Gasteiger partial charge in [-0.1, -0.05) is 58.4 Å². The average molecular weight is 346 g/mol. The van der Waals surface area contributed by atoms with Crippen molar-refractivity contribution in [1.29, 1.82) is 0 Å². The maximum atomic E-state index is 12.5. The van der Waals surface area contributed by atoms with E-state index >= 15 is 0 Å². The minimum absolute atomic E-state index is 0.00180. The quantitative estimate of drug-likeness (QED) is 0.792. The van der Waals surface area contributed by atoms with Gasteiger partial charge in [0.2, 0.25) is 5.91 Å². The Morgan fingerprint density at radius 3 is 2.24 bits per heavy atom. The lowest BCUT2D eigenvalue weighted by molar-refractivity contribution is -0.120. The Morgan fingerprint density at radius 2 is 1.67 bits per heavy atom. The van der Waals surface area contributed by atoms with Crippen LogP contribution in [0.15, 0.2) is 54.6 Å². The molecular weight excluding hydrogens is 326 g/mol. The van der Waals surface area contributed by atoms with E-state index in [1.807, 2.05) is 68.4 Å². The van der Waals surface area contributed by atoms with E-state index < -0.39 is 5.41 Å². The molecule has 0 spiro atoms. The monoisotopic (exact) mass is 345 g/mol. The molecule has 2 aromatic rings. The molecule has 0 atom stereocenters. The van der Waals surface area contributed by atoms with Gasteiger partial charge in [-0.05, 0) is 43.5 Å². The van der Waals surface area contributed by atoms with E-state index in [1.165, 1.54) is 5.56 Å². The zero-order chi connectivity index (χ0) is 15.3. The van der Waals surface area contributed by atoms with Crippen molar-refractivity contribution in [3.05, 3.63) is 65.7 Å². The van der Waals surface area contributed by atoms with Crippen LogP contribution < -0.4 is 5.32 Å². The predicted molar refractivity (Wildman–Crippen MR) is 92.0 cm³/mol. The first-order valence-corrected chi connectivity index (χ1v) is 8.18. The molecule has 1 amide bonds. The number of aryl methyl sites for hydroxylation is 1. The molecule has 0 aliphatic heterocycles. The SMILES string of the molecule is CC(C)(C(=O)Nc1ccc(CCBr)cc1)c1ccccc1. The van der Waals surface area contributed by atoms with Gasteiger partial charge in [-0.3, -0.25) is 4.79 Å². The van der Waals surface area contributed by atoms with E-state index in [1.54, 1.807) is 0 Å². The van der Waals surface area contributed by atoms with E-state index in [9.17, 15) is 4.79 Å². The molecule has 0 saturated carbocycles. The minimum atomic E-state index is -0.560. The summed E-state index contributed by atoms with van der Waals surface area (Å²) in [6.45, 7) is 3.88. The number of amides is 1. The molecule has 2 rings (SSSR count). The molecule has 3 heteroatoms. The maximum absolute atomic E-state index is 12.5. The summed E-state index contributed by atoms with van der Waals surface area (Å²) < 4.78 is 0. The summed E-state index contributed by atoms with van der Waals surface area (Å²) in [5.41, 5.74) is 2.54. The van der Waals surface area contributed by atoms with Crippen molar-refractivity contribution in [3.63, 3.8) is 0 Å². The molecule has 2 nitrogen and oxygen atoms in total. The van der Waals surface area contributed by atoms with Gasteiger partial charge in [0.15, 0.2) is 0 Å². The summed E-state index contributed by atoms with van der Waals surface area (Å²) in [5, 5.41) is 3.94. The van der Waals surface area contributed by atoms with Gasteiger partial charge in [-0.15, -0.1) is 0 Å². The smallest absolute Gasteiger partial charge is 0.234 e. The number of hydrogen-bond acceptors (Lipinski definition) is 1. The van der Waals surface area contributed by atoms with E-state index in [-0.39, 0.29) is 5.91 Å². The molecule has 0 aliphatic rings. The first-order valence-electron chi connectivity index (χ1n) is 7.06. The number of carbonyl (C=O) groups is 1. The van der Waals surface area contributed by atoms with Gasteiger partial charge in [0.1, 0.15) is 0 Å². The van der Waals surface area contributed by atoms with Crippen LogP contribution in [0.25, 0.3) is 0 Å². The largest absolute Gasteiger partial charge is 0.325 e. The number of carbonyl (C=O) groups excluding carboxylic acids is 1. The molecule has 110 valence electrons. The lowest BCUT2D eigenvalue weighted by Gasteiger charge is -2.24. The van der Waals surface area contributed by atoms with Crippen molar-refractivity contribution < 1.29 is 4.79 Å². The predicted octanol–water partition coefficient (Wildman–Crippen LogP) is 4.54. The summed E-state index contributed by atoms with van der Waals surface area (Å²) in [7, 11) is 0. The van der Waals surface area contributed by atoms with Crippen molar-refractivity contribution in [2.24, 2.45) is 0 Å². The Bertz CT molecular complexity index is 590. The van der Waals surface area contributed by atoms with Crippen molar-refractivity contribution >= 4 is 27.5 Å². The molecule has 0 heterocycles. The van der Waals surface area contributed by atoms with Crippen LogP contribution in [0.2, 0.25) is 0 Å². The van der Waals surface area contributed by atoms with Crippen LogP contribution >= 0.6 is 15.9 Å². The molecule has 0 bridgehead atoms. The topological polar surface area (TPSA) is 29.1 Å². The van der Waals surface area contributed by atoms with Crippen LogP contribution in [-0.2, 0) is 16.6 Å². The van der Waals surface area contributed by atoms with Crippen LogP contribution in [0.5, 0.6) is 0 Å². The normalized spacial score (nSPS) is 11.2. The first kappa shape index (κ1) is 15.8. The number of nitrogens with one attached hydrogen (secondary N) is 1. The molecule has 0 unspecified atom stereocenters. The number of halogens is 1. The van der Waals surface area contributed by atoms with E-state index in [2.05, 4.69) is 21.2 Å². The van der Waals surface area contributed by atoms with Gasteiger partial charge < -0.3 is 5.32 Å². The Morgan fingerprint density at radius 1 is 1.05 bits per heavy atom. The molecule has 0 saturated heterocycles. The third-order valence-corrected chi connectivity index (χ3v) is 4.05. The highest BCUT2D eigenvalue weighted by Crippen LogP contribution is 2.25. The lowest BCUT2D eigenvalue weighted by Crippen LogP contribution is -2.34. The van der Waals surface area contributed by atoms with Gasteiger partial charge in [-0.25, -0.2) is 0 Å². The fourth-order valence-corrected chi connectivity index (χ4v) is 2.59. The van der Waals surface area contributed by atoms with E-state index in [0.717, 1.165) is 23.0 Å². The highest BCUT2D eigenvalue weighted by atomic mass is 79.9. The van der Waals surface area contributed by atoms with Crippen molar-refractivity contribution in [2.75, 3.05) is 10.6 Å². The van der Waals surface area contributed by atoms with Gasteiger partial charge in [0.05, 0.1) is 5.41 Å².